The maximum Gasteiger partial charge on any atom is 0.0721 e. The third-order valence-corrected chi connectivity index (χ3v) is 8.57. The van der Waals surface area contributed by atoms with Crippen LogP contribution in [0.15, 0.2) is 81.7 Å². The third kappa shape index (κ3) is 3.80. The molecule has 4 aromatic carbocycles. The minimum absolute atomic E-state index is 0.599. The van der Waals surface area contributed by atoms with Crippen LogP contribution in [0.3, 0.4) is 0 Å². The van der Waals surface area contributed by atoms with Gasteiger partial charge in [-0.2, -0.15) is 0 Å². The summed E-state index contributed by atoms with van der Waals surface area (Å²) in [6, 6.07) is 27.0. The van der Waals surface area contributed by atoms with Crippen LogP contribution in [-0.4, -0.2) is 9.13 Å². The van der Waals surface area contributed by atoms with E-state index >= 15 is 0 Å². The molecule has 3 nitrogen and oxygen atoms in total. The molecule has 6 heterocycles. The van der Waals surface area contributed by atoms with E-state index < -0.39 is 0 Å². The first-order chi connectivity index (χ1) is 17.7. The van der Waals surface area contributed by atoms with E-state index in [1.165, 1.54) is 61.2 Å². The van der Waals surface area contributed by atoms with E-state index in [-0.39, 0.29) is 0 Å². The monoisotopic (exact) mass is 600 g/mol. The van der Waals surface area contributed by atoms with Gasteiger partial charge in [0.1, 0.15) is 0 Å². The van der Waals surface area contributed by atoms with Crippen molar-refractivity contribution in [3.8, 4) is 0 Å². The second-order valence-corrected chi connectivity index (χ2v) is 11.7. The van der Waals surface area contributed by atoms with Crippen molar-refractivity contribution in [1.82, 2.24) is 9.13 Å². The molecule has 36 heavy (non-hydrogen) atoms. The number of benzene rings is 4. The Balaban J connectivity index is 1.32. The van der Waals surface area contributed by atoms with Gasteiger partial charge in [-0.05, 0) is 91.1 Å². The van der Waals surface area contributed by atoms with Gasteiger partial charge < -0.3 is 13.9 Å². The molecular formula is C31H26Br2N2O. The van der Waals surface area contributed by atoms with Crippen LogP contribution in [-0.2, 0) is 31.0 Å². The average Bonchev–Trinajstić information content (AvgIpc) is 3.35. The summed E-state index contributed by atoms with van der Waals surface area (Å²) in [6.45, 7) is 3.26. The lowest BCUT2D eigenvalue weighted by molar-refractivity contribution is 0.107. The number of nitrogens with zero attached hydrogens (tertiary/aromatic N) is 2. The van der Waals surface area contributed by atoms with Crippen LogP contribution in [0.25, 0.3) is 43.6 Å². The summed E-state index contributed by atoms with van der Waals surface area (Å²) in [6.07, 6.45) is 3.51. The van der Waals surface area contributed by atoms with Crippen LogP contribution in [0.1, 0.15) is 30.4 Å². The molecule has 10 rings (SSSR count). The highest BCUT2D eigenvalue weighted by Crippen LogP contribution is 2.34. The molecule has 2 aromatic heterocycles. The Kier molecular flexibility index (Phi) is 5.68. The predicted molar refractivity (Wildman–Crippen MR) is 157 cm³/mol. The third-order valence-electron chi connectivity index (χ3n) is 7.58. The summed E-state index contributed by atoms with van der Waals surface area (Å²) >= 11 is 7.37. The molecule has 4 aliphatic heterocycles. The Morgan fingerprint density at radius 3 is 1.39 bits per heavy atom. The Morgan fingerprint density at radius 2 is 0.917 bits per heavy atom. The summed E-state index contributed by atoms with van der Waals surface area (Å²) in [5.74, 6) is 0. The molecule has 5 heteroatoms. The number of rotatable bonds is 0. The molecule has 0 atom stereocenters. The Bertz CT molecular complexity index is 1650. The van der Waals surface area contributed by atoms with Gasteiger partial charge in [0.05, 0.1) is 13.2 Å². The summed E-state index contributed by atoms with van der Waals surface area (Å²) in [5, 5.41) is 5.24. The molecule has 0 radical (unpaired) electrons. The fourth-order valence-electron chi connectivity index (χ4n) is 5.91. The number of aromatic nitrogens is 2. The van der Waals surface area contributed by atoms with Gasteiger partial charge in [0, 0.05) is 65.6 Å². The molecule has 8 bridgehead atoms. The Labute approximate surface area is 226 Å². The predicted octanol–water partition coefficient (Wildman–Crippen LogP) is 9.33. The lowest BCUT2D eigenvalue weighted by Crippen LogP contribution is -2.01. The van der Waals surface area contributed by atoms with Gasteiger partial charge in [0.25, 0.3) is 0 Å². The van der Waals surface area contributed by atoms with Crippen LogP contribution >= 0.6 is 31.9 Å². The van der Waals surface area contributed by atoms with Crippen molar-refractivity contribution in [3.05, 3.63) is 92.9 Å². The summed E-state index contributed by atoms with van der Waals surface area (Å²) in [4.78, 5) is 0. The molecule has 0 N–H and O–H groups in total. The standard InChI is InChI=1S/C31H26Br2N2O/c32-22-6-10-30-26(16-22)24-14-20-4-8-28(24)34(30)12-2-1-3-13-35-29-9-5-21(19-36-18-20)15-25(29)27-17-23(33)7-11-31(27)35/h4-11,14-17H,1-3,12-13,18-19H2. The summed E-state index contributed by atoms with van der Waals surface area (Å²) in [5.41, 5.74) is 7.67. The zero-order chi connectivity index (χ0) is 24.2. The Hall–Kier alpha value is -2.60. The van der Waals surface area contributed by atoms with Gasteiger partial charge >= 0.3 is 0 Å². The molecule has 0 amide bonds. The number of ether oxygens (including phenoxy) is 1. The van der Waals surface area contributed by atoms with Gasteiger partial charge in [0.2, 0.25) is 0 Å². The quantitative estimate of drug-likeness (QED) is 0.170. The number of aryl methyl sites for hydroxylation is 2. The number of hydrogen-bond acceptors (Lipinski definition) is 1. The first-order valence-corrected chi connectivity index (χ1v) is 14.2. The fourth-order valence-corrected chi connectivity index (χ4v) is 6.63. The van der Waals surface area contributed by atoms with Crippen LogP contribution < -0.4 is 0 Å². The van der Waals surface area contributed by atoms with E-state index in [4.69, 9.17) is 4.74 Å². The van der Waals surface area contributed by atoms with Crippen LogP contribution in [0, 0.1) is 0 Å². The van der Waals surface area contributed by atoms with Gasteiger partial charge in [-0.15, -0.1) is 0 Å². The highest BCUT2D eigenvalue weighted by molar-refractivity contribution is 9.10. The van der Waals surface area contributed by atoms with Crippen molar-refractivity contribution in [2.24, 2.45) is 0 Å². The maximum absolute atomic E-state index is 6.24. The van der Waals surface area contributed by atoms with Crippen molar-refractivity contribution >= 4 is 75.5 Å². The molecule has 0 saturated carbocycles. The number of hydrogen-bond donors (Lipinski definition) is 0. The minimum atomic E-state index is 0.599. The smallest absolute Gasteiger partial charge is 0.0721 e. The molecule has 0 saturated heterocycles. The second kappa shape index (κ2) is 9.05. The summed E-state index contributed by atoms with van der Waals surface area (Å²) in [7, 11) is 0. The average molecular weight is 602 g/mol. The highest BCUT2D eigenvalue weighted by atomic mass is 79.9. The number of halogens is 2. The van der Waals surface area contributed by atoms with Gasteiger partial charge in [-0.25, -0.2) is 0 Å². The topological polar surface area (TPSA) is 19.1 Å². The summed E-state index contributed by atoms with van der Waals surface area (Å²) < 4.78 is 13.5. The van der Waals surface area contributed by atoms with Gasteiger partial charge in [0.15, 0.2) is 0 Å². The van der Waals surface area contributed by atoms with Crippen molar-refractivity contribution in [2.45, 2.75) is 45.6 Å². The van der Waals surface area contributed by atoms with Crippen molar-refractivity contribution in [1.29, 1.82) is 0 Å². The minimum Gasteiger partial charge on any atom is -0.372 e. The first kappa shape index (κ1) is 22.6. The number of fused-ring (bicyclic) bond motifs is 2. The molecule has 4 aliphatic rings. The van der Waals surface area contributed by atoms with Crippen LogP contribution in [0.5, 0.6) is 0 Å². The van der Waals surface area contributed by atoms with E-state index in [1.54, 1.807) is 0 Å². The second-order valence-electron chi connectivity index (χ2n) is 9.88. The van der Waals surface area contributed by atoms with Crippen molar-refractivity contribution < 1.29 is 4.74 Å². The molecule has 0 aliphatic carbocycles. The van der Waals surface area contributed by atoms with Crippen LogP contribution in [0.2, 0.25) is 0 Å². The van der Waals surface area contributed by atoms with E-state index in [9.17, 15) is 0 Å². The van der Waals surface area contributed by atoms with Crippen molar-refractivity contribution in [3.63, 3.8) is 0 Å². The molecule has 6 aromatic rings. The van der Waals surface area contributed by atoms with E-state index in [0.717, 1.165) is 34.9 Å². The lowest BCUT2D eigenvalue weighted by atomic mass is 10.1. The van der Waals surface area contributed by atoms with Crippen molar-refractivity contribution in [2.75, 3.05) is 0 Å². The van der Waals surface area contributed by atoms with E-state index in [1.807, 2.05) is 0 Å². The maximum atomic E-state index is 6.24. The molecule has 0 spiro atoms. The molecular weight excluding hydrogens is 576 g/mol. The zero-order valence-electron chi connectivity index (χ0n) is 19.9. The SMILES string of the molecule is Brc1ccc2c(c1)c1cc3ccc1n2CCCCCn1c2ccc(Br)cc2c2cc(ccc21)COC3. The van der Waals surface area contributed by atoms with Crippen LogP contribution in [0.4, 0.5) is 0 Å². The normalized spacial score (nSPS) is 15.2. The van der Waals surface area contributed by atoms with Gasteiger partial charge in [-0.3, -0.25) is 0 Å². The van der Waals surface area contributed by atoms with E-state index in [2.05, 4.69) is 114 Å². The largest absolute Gasteiger partial charge is 0.372 e. The van der Waals surface area contributed by atoms with Gasteiger partial charge in [-0.1, -0.05) is 44.0 Å². The highest BCUT2D eigenvalue weighted by Gasteiger charge is 2.14. The van der Waals surface area contributed by atoms with E-state index in [0.29, 0.717) is 13.2 Å². The Morgan fingerprint density at radius 1 is 0.500 bits per heavy atom. The first-order valence-electron chi connectivity index (χ1n) is 12.6. The molecule has 0 fully saturated rings. The fraction of sp³-hybridized carbons (Fsp3) is 0.226. The zero-order valence-corrected chi connectivity index (χ0v) is 23.1. The molecule has 180 valence electrons. The lowest BCUT2D eigenvalue weighted by Gasteiger charge is -2.11. The molecule has 0 unspecified atom stereocenters.